The first-order valence-electron chi connectivity index (χ1n) is 7.07. The van der Waals surface area contributed by atoms with Crippen LogP contribution in [0.3, 0.4) is 0 Å². The van der Waals surface area contributed by atoms with Crippen LogP contribution in [0.1, 0.15) is 12.6 Å². The number of alkyl halides is 3. The molecule has 1 aromatic heterocycles. The molecule has 1 heterocycles. The van der Waals surface area contributed by atoms with Crippen LogP contribution in [0.4, 0.5) is 13.2 Å². The van der Waals surface area contributed by atoms with Crippen molar-refractivity contribution in [3.05, 3.63) is 54.4 Å². The number of nitrogens with zero attached hydrogens (tertiary/aromatic N) is 2. The third kappa shape index (κ3) is 3.41. The minimum Gasteiger partial charge on any atom is -0.406 e. The van der Waals surface area contributed by atoms with Crippen molar-refractivity contribution >= 4 is 10.8 Å². The second kappa shape index (κ2) is 5.87. The van der Waals surface area contributed by atoms with E-state index in [0.717, 1.165) is 34.0 Å². The number of aromatic nitrogens is 2. The van der Waals surface area contributed by atoms with Crippen molar-refractivity contribution in [3.63, 3.8) is 0 Å². The molecular formula is C17H13F3N2O. The Morgan fingerprint density at radius 1 is 1.00 bits per heavy atom. The predicted octanol–water partition coefficient (Wildman–Crippen LogP) is 4.76. The van der Waals surface area contributed by atoms with E-state index in [0.29, 0.717) is 0 Å². The Labute approximate surface area is 130 Å². The van der Waals surface area contributed by atoms with E-state index in [2.05, 4.69) is 14.9 Å². The van der Waals surface area contributed by atoms with Crippen LogP contribution < -0.4 is 4.74 Å². The van der Waals surface area contributed by atoms with Gasteiger partial charge in [-0.15, -0.1) is 13.2 Å². The lowest BCUT2D eigenvalue weighted by molar-refractivity contribution is -0.274. The molecule has 0 bridgehead atoms. The van der Waals surface area contributed by atoms with Crippen LogP contribution in [0, 0.1) is 0 Å². The molecule has 0 atom stereocenters. The van der Waals surface area contributed by atoms with Crippen molar-refractivity contribution < 1.29 is 17.9 Å². The number of halogens is 3. The summed E-state index contributed by atoms with van der Waals surface area (Å²) in [5.41, 5.74) is 2.62. The zero-order valence-electron chi connectivity index (χ0n) is 12.3. The fraction of sp³-hybridized carbons (Fsp3) is 0.176. The van der Waals surface area contributed by atoms with E-state index in [1.54, 1.807) is 18.3 Å². The average molecular weight is 318 g/mol. The summed E-state index contributed by atoms with van der Waals surface area (Å²) in [6.07, 6.45) is -2.22. The molecule has 0 radical (unpaired) electrons. The Hall–Kier alpha value is -2.63. The van der Waals surface area contributed by atoms with Crippen LogP contribution in [0.15, 0.2) is 48.7 Å². The van der Waals surface area contributed by atoms with Crippen LogP contribution >= 0.6 is 0 Å². The van der Waals surface area contributed by atoms with Crippen molar-refractivity contribution in [3.8, 4) is 16.9 Å². The molecule has 23 heavy (non-hydrogen) atoms. The quantitative estimate of drug-likeness (QED) is 0.698. The summed E-state index contributed by atoms with van der Waals surface area (Å²) >= 11 is 0. The highest BCUT2D eigenvalue weighted by Gasteiger charge is 2.30. The van der Waals surface area contributed by atoms with Crippen molar-refractivity contribution in [2.24, 2.45) is 0 Å². The fourth-order valence-corrected chi connectivity index (χ4v) is 2.44. The minimum absolute atomic E-state index is 0.235. The lowest BCUT2D eigenvalue weighted by Crippen LogP contribution is -2.16. The van der Waals surface area contributed by atoms with E-state index in [1.807, 2.05) is 25.1 Å². The number of hydrogen-bond acceptors (Lipinski definition) is 3. The Morgan fingerprint density at radius 3 is 2.35 bits per heavy atom. The molecule has 0 saturated heterocycles. The van der Waals surface area contributed by atoms with Gasteiger partial charge >= 0.3 is 6.36 Å². The molecule has 0 aliphatic rings. The van der Waals surface area contributed by atoms with E-state index in [4.69, 9.17) is 0 Å². The van der Waals surface area contributed by atoms with Crippen molar-refractivity contribution in [2.45, 2.75) is 19.7 Å². The van der Waals surface area contributed by atoms with Gasteiger partial charge in [0.05, 0.1) is 11.9 Å². The molecule has 0 spiro atoms. The highest BCUT2D eigenvalue weighted by molar-refractivity contribution is 5.88. The molecule has 0 fully saturated rings. The summed E-state index contributed by atoms with van der Waals surface area (Å²) in [6.45, 7) is 2.01. The van der Waals surface area contributed by atoms with Gasteiger partial charge in [0.1, 0.15) is 5.75 Å². The van der Waals surface area contributed by atoms with Crippen molar-refractivity contribution in [1.29, 1.82) is 0 Å². The number of rotatable bonds is 3. The summed E-state index contributed by atoms with van der Waals surface area (Å²) in [7, 11) is 0. The zero-order valence-corrected chi connectivity index (χ0v) is 12.3. The number of ether oxygens (including phenoxy) is 1. The summed E-state index contributed by atoms with van der Waals surface area (Å²) in [4.78, 5) is 0. The molecule has 3 nitrogen and oxygen atoms in total. The van der Waals surface area contributed by atoms with E-state index in [9.17, 15) is 13.2 Å². The second-order valence-electron chi connectivity index (χ2n) is 5.02. The smallest absolute Gasteiger partial charge is 0.406 e. The molecule has 3 rings (SSSR count). The number of benzene rings is 2. The van der Waals surface area contributed by atoms with Gasteiger partial charge in [0.25, 0.3) is 0 Å². The first kappa shape index (κ1) is 15.3. The molecule has 118 valence electrons. The van der Waals surface area contributed by atoms with Crippen LogP contribution in [-0.4, -0.2) is 16.6 Å². The highest BCUT2D eigenvalue weighted by atomic mass is 19.4. The summed E-state index contributed by atoms with van der Waals surface area (Å²) < 4.78 is 40.4. The fourth-order valence-electron chi connectivity index (χ4n) is 2.44. The van der Waals surface area contributed by atoms with Crippen molar-refractivity contribution in [2.75, 3.05) is 0 Å². The summed E-state index contributed by atoms with van der Waals surface area (Å²) in [5.74, 6) is -0.235. The van der Waals surface area contributed by atoms with Gasteiger partial charge in [-0.05, 0) is 35.7 Å². The third-order valence-electron chi connectivity index (χ3n) is 3.49. The monoisotopic (exact) mass is 318 g/mol. The van der Waals surface area contributed by atoms with Gasteiger partial charge in [0.15, 0.2) is 0 Å². The Kier molecular flexibility index (Phi) is 3.90. The molecule has 0 saturated carbocycles. The maximum Gasteiger partial charge on any atom is 0.573 e. The average Bonchev–Trinajstić information content (AvgIpc) is 2.53. The minimum atomic E-state index is -4.68. The van der Waals surface area contributed by atoms with Gasteiger partial charge in [0.2, 0.25) is 0 Å². The lowest BCUT2D eigenvalue weighted by Gasteiger charge is -2.10. The van der Waals surface area contributed by atoms with Crippen molar-refractivity contribution in [1.82, 2.24) is 10.2 Å². The Morgan fingerprint density at radius 2 is 1.70 bits per heavy atom. The number of hydrogen-bond donors (Lipinski definition) is 0. The van der Waals surface area contributed by atoms with E-state index in [-0.39, 0.29) is 5.75 Å². The van der Waals surface area contributed by atoms with E-state index in [1.165, 1.54) is 12.1 Å². The van der Waals surface area contributed by atoms with Crippen LogP contribution in [0.25, 0.3) is 21.9 Å². The number of fused-ring (bicyclic) bond motifs is 1. The Balaban J connectivity index is 1.94. The molecule has 0 aliphatic heterocycles. The van der Waals surface area contributed by atoms with Crippen LogP contribution in [0.5, 0.6) is 5.75 Å². The largest absolute Gasteiger partial charge is 0.573 e. The van der Waals surface area contributed by atoms with Gasteiger partial charge < -0.3 is 4.74 Å². The van der Waals surface area contributed by atoms with Crippen LogP contribution in [-0.2, 0) is 6.42 Å². The standard InChI is InChI=1S/C17H13F3N2O/c1-2-16-15-8-5-12(9-13(15)10-21-22-16)11-3-6-14(7-4-11)23-17(18,19)20/h3-10H,2H2,1H3. The summed E-state index contributed by atoms with van der Waals surface area (Å²) in [5, 5.41) is 10.1. The van der Waals surface area contributed by atoms with Gasteiger partial charge in [0, 0.05) is 10.8 Å². The Bertz CT molecular complexity index is 829. The topological polar surface area (TPSA) is 35.0 Å². The summed E-state index contributed by atoms with van der Waals surface area (Å²) in [6, 6.07) is 11.6. The van der Waals surface area contributed by atoms with E-state index >= 15 is 0 Å². The first-order valence-corrected chi connectivity index (χ1v) is 7.07. The molecular weight excluding hydrogens is 305 g/mol. The second-order valence-corrected chi connectivity index (χ2v) is 5.02. The van der Waals surface area contributed by atoms with Gasteiger partial charge in [-0.3, -0.25) is 0 Å². The number of aryl methyl sites for hydroxylation is 1. The normalized spacial score (nSPS) is 11.7. The van der Waals surface area contributed by atoms with Crippen LogP contribution in [0.2, 0.25) is 0 Å². The van der Waals surface area contributed by atoms with E-state index < -0.39 is 6.36 Å². The molecule has 0 unspecified atom stereocenters. The molecule has 0 N–H and O–H groups in total. The van der Waals surface area contributed by atoms with Gasteiger partial charge in [-0.1, -0.05) is 31.2 Å². The van der Waals surface area contributed by atoms with Gasteiger partial charge in [-0.2, -0.15) is 10.2 Å². The molecule has 2 aromatic carbocycles. The SMILES string of the molecule is CCc1nncc2cc(-c3ccc(OC(F)(F)F)cc3)ccc12. The highest BCUT2D eigenvalue weighted by Crippen LogP contribution is 2.28. The molecule has 0 amide bonds. The first-order chi connectivity index (χ1) is 11.0. The third-order valence-corrected chi connectivity index (χ3v) is 3.49. The van der Waals surface area contributed by atoms with Gasteiger partial charge in [-0.25, -0.2) is 0 Å². The maximum atomic E-state index is 12.2. The molecule has 6 heteroatoms. The molecule has 3 aromatic rings. The zero-order chi connectivity index (χ0) is 16.4. The predicted molar refractivity (Wildman–Crippen MR) is 81.0 cm³/mol. The maximum absolute atomic E-state index is 12.2. The lowest BCUT2D eigenvalue weighted by atomic mass is 10.0. The molecule has 0 aliphatic carbocycles.